The Hall–Kier alpha value is -1.32. The zero-order valence-corrected chi connectivity index (χ0v) is 9.32. The highest BCUT2D eigenvalue weighted by Crippen LogP contribution is 1.99. The second-order valence-electron chi connectivity index (χ2n) is 3.08. The van der Waals surface area contributed by atoms with Crippen molar-refractivity contribution in [3.63, 3.8) is 0 Å². The summed E-state index contributed by atoms with van der Waals surface area (Å²) in [6.45, 7) is 2.52. The van der Waals surface area contributed by atoms with Crippen LogP contribution in [0.15, 0.2) is 12.2 Å². The van der Waals surface area contributed by atoms with E-state index in [9.17, 15) is 9.59 Å². The molecule has 0 saturated heterocycles. The van der Waals surface area contributed by atoms with Gasteiger partial charge in [0.25, 0.3) is 0 Å². The maximum Gasteiger partial charge on any atom is 0.331 e. The van der Waals surface area contributed by atoms with Gasteiger partial charge in [-0.15, -0.1) is 0 Å². The summed E-state index contributed by atoms with van der Waals surface area (Å²) in [6.07, 6.45) is 6.35. The van der Waals surface area contributed by atoms with E-state index in [0.717, 1.165) is 37.8 Å². The third-order valence-electron chi connectivity index (χ3n) is 1.80. The molecule has 0 aromatic rings. The van der Waals surface area contributed by atoms with Crippen LogP contribution in [0.2, 0.25) is 0 Å². The van der Waals surface area contributed by atoms with Crippen molar-refractivity contribution in [2.45, 2.75) is 32.6 Å². The third-order valence-corrected chi connectivity index (χ3v) is 1.80. The van der Waals surface area contributed by atoms with Crippen LogP contribution in [0.25, 0.3) is 0 Å². The quantitative estimate of drug-likeness (QED) is 0.368. The Kier molecular flexibility index (Phi) is 8.43. The van der Waals surface area contributed by atoms with Crippen molar-refractivity contribution < 1.29 is 19.1 Å². The van der Waals surface area contributed by atoms with Crippen LogP contribution >= 0.6 is 0 Å². The van der Waals surface area contributed by atoms with E-state index in [2.05, 4.69) is 11.7 Å². The van der Waals surface area contributed by atoms with Gasteiger partial charge >= 0.3 is 11.9 Å². The molecule has 0 atom stereocenters. The normalized spacial score (nSPS) is 10.3. The molecule has 0 fully saturated rings. The van der Waals surface area contributed by atoms with E-state index >= 15 is 0 Å². The van der Waals surface area contributed by atoms with Crippen LogP contribution in [0.5, 0.6) is 0 Å². The molecule has 0 aliphatic carbocycles. The van der Waals surface area contributed by atoms with Crippen molar-refractivity contribution in [1.29, 1.82) is 0 Å². The maximum atomic E-state index is 11.0. The molecule has 0 aliphatic rings. The molecule has 0 radical (unpaired) electrons. The van der Waals surface area contributed by atoms with Crippen LogP contribution in [0, 0.1) is 0 Å². The molecule has 0 aromatic heterocycles. The molecule has 15 heavy (non-hydrogen) atoms. The first kappa shape index (κ1) is 13.7. The molecule has 0 aromatic carbocycles. The Labute approximate surface area is 90.2 Å². The topological polar surface area (TPSA) is 52.6 Å². The summed E-state index contributed by atoms with van der Waals surface area (Å²) in [6, 6.07) is 0. The zero-order valence-electron chi connectivity index (χ0n) is 9.32. The molecule has 0 aliphatic heterocycles. The van der Waals surface area contributed by atoms with Gasteiger partial charge in [0.1, 0.15) is 0 Å². The number of hydrogen-bond donors (Lipinski definition) is 0. The van der Waals surface area contributed by atoms with Gasteiger partial charge in [-0.1, -0.05) is 26.2 Å². The second kappa shape index (κ2) is 9.24. The zero-order chi connectivity index (χ0) is 11.5. The molecule has 0 N–H and O–H groups in total. The summed E-state index contributed by atoms with van der Waals surface area (Å²) in [5.74, 6) is -1.06. The van der Waals surface area contributed by atoms with Gasteiger partial charge in [0.05, 0.1) is 13.7 Å². The molecular weight excluding hydrogens is 196 g/mol. The Morgan fingerprint density at radius 2 is 1.73 bits per heavy atom. The van der Waals surface area contributed by atoms with E-state index in [1.165, 1.54) is 7.11 Å². The molecular formula is C11H18O4. The average molecular weight is 214 g/mol. The molecule has 86 valence electrons. The number of carbonyl (C=O) groups excluding carboxylic acids is 2. The number of unbranched alkanes of at least 4 members (excludes halogenated alkanes) is 3. The lowest BCUT2D eigenvalue weighted by Gasteiger charge is -2.00. The van der Waals surface area contributed by atoms with E-state index in [0.29, 0.717) is 6.61 Å². The highest BCUT2D eigenvalue weighted by Gasteiger charge is 1.98. The number of carbonyl (C=O) groups is 2. The van der Waals surface area contributed by atoms with Gasteiger partial charge in [0.2, 0.25) is 0 Å². The van der Waals surface area contributed by atoms with Gasteiger partial charge in [-0.05, 0) is 6.42 Å². The van der Waals surface area contributed by atoms with Gasteiger partial charge in [-0.3, -0.25) is 0 Å². The molecule has 0 rings (SSSR count). The fourth-order valence-electron chi connectivity index (χ4n) is 0.954. The largest absolute Gasteiger partial charge is 0.466 e. The molecule has 0 bridgehead atoms. The lowest BCUT2D eigenvalue weighted by atomic mass is 10.2. The number of methoxy groups -OCH3 is 1. The SMILES string of the molecule is CCCCCCOC(=O)/C=C/C(=O)OC. The van der Waals surface area contributed by atoms with Gasteiger partial charge in [-0.2, -0.15) is 0 Å². The summed E-state index contributed by atoms with van der Waals surface area (Å²) >= 11 is 0. The predicted molar refractivity (Wildman–Crippen MR) is 56.3 cm³/mol. The molecule has 4 heteroatoms. The van der Waals surface area contributed by atoms with E-state index in [1.54, 1.807) is 0 Å². The Bertz CT molecular complexity index is 221. The van der Waals surface area contributed by atoms with Crippen LogP contribution in [-0.2, 0) is 19.1 Å². The lowest BCUT2D eigenvalue weighted by molar-refractivity contribution is -0.139. The van der Waals surface area contributed by atoms with E-state index in [4.69, 9.17) is 4.74 Å². The van der Waals surface area contributed by atoms with Crippen LogP contribution < -0.4 is 0 Å². The summed E-state index contributed by atoms with van der Waals surface area (Å²) in [4.78, 5) is 21.6. The maximum absolute atomic E-state index is 11.0. The van der Waals surface area contributed by atoms with E-state index in [1.807, 2.05) is 0 Å². The lowest BCUT2D eigenvalue weighted by Crippen LogP contribution is -2.04. The van der Waals surface area contributed by atoms with Crippen LogP contribution in [0.1, 0.15) is 32.6 Å². The monoisotopic (exact) mass is 214 g/mol. The van der Waals surface area contributed by atoms with Gasteiger partial charge in [-0.25, -0.2) is 9.59 Å². The Morgan fingerprint density at radius 1 is 1.07 bits per heavy atom. The smallest absolute Gasteiger partial charge is 0.331 e. The van der Waals surface area contributed by atoms with Gasteiger partial charge in [0, 0.05) is 12.2 Å². The van der Waals surface area contributed by atoms with Crippen molar-refractivity contribution in [3.8, 4) is 0 Å². The van der Waals surface area contributed by atoms with Crippen molar-refractivity contribution in [2.24, 2.45) is 0 Å². The standard InChI is InChI=1S/C11H18O4/c1-3-4-5-6-9-15-11(13)8-7-10(12)14-2/h7-8H,3-6,9H2,1-2H3/b8-7+. The van der Waals surface area contributed by atoms with Gasteiger partial charge in [0.15, 0.2) is 0 Å². The summed E-state index contributed by atoms with van der Waals surface area (Å²) < 4.78 is 9.17. The number of hydrogen-bond acceptors (Lipinski definition) is 4. The van der Waals surface area contributed by atoms with Crippen molar-refractivity contribution >= 4 is 11.9 Å². The summed E-state index contributed by atoms with van der Waals surface area (Å²) in [7, 11) is 1.25. The van der Waals surface area contributed by atoms with E-state index in [-0.39, 0.29) is 0 Å². The van der Waals surface area contributed by atoms with Crippen LogP contribution in [0.4, 0.5) is 0 Å². The predicted octanol–water partition coefficient (Wildman–Crippen LogP) is 1.84. The highest BCUT2D eigenvalue weighted by molar-refractivity contribution is 5.91. The first-order valence-electron chi connectivity index (χ1n) is 5.13. The van der Waals surface area contributed by atoms with Crippen molar-refractivity contribution in [3.05, 3.63) is 12.2 Å². The second-order valence-corrected chi connectivity index (χ2v) is 3.08. The third kappa shape index (κ3) is 9.00. The van der Waals surface area contributed by atoms with Crippen molar-refractivity contribution in [2.75, 3.05) is 13.7 Å². The minimum absolute atomic E-state index is 0.407. The molecule has 0 spiro atoms. The Morgan fingerprint density at radius 3 is 2.33 bits per heavy atom. The van der Waals surface area contributed by atoms with E-state index < -0.39 is 11.9 Å². The number of esters is 2. The average Bonchev–Trinajstić information content (AvgIpc) is 2.25. The van der Waals surface area contributed by atoms with Gasteiger partial charge < -0.3 is 9.47 Å². The van der Waals surface area contributed by atoms with Crippen LogP contribution in [0.3, 0.4) is 0 Å². The van der Waals surface area contributed by atoms with Crippen LogP contribution in [-0.4, -0.2) is 25.7 Å². The molecule has 0 amide bonds. The number of ether oxygens (including phenoxy) is 2. The minimum atomic E-state index is -0.557. The summed E-state index contributed by atoms with van der Waals surface area (Å²) in [5.41, 5.74) is 0. The molecule has 0 heterocycles. The molecule has 4 nitrogen and oxygen atoms in total. The summed E-state index contributed by atoms with van der Waals surface area (Å²) in [5, 5.41) is 0. The Balaban J connectivity index is 3.49. The first-order valence-corrected chi connectivity index (χ1v) is 5.13. The number of rotatable bonds is 7. The highest BCUT2D eigenvalue weighted by atomic mass is 16.5. The molecule has 0 saturated carbocycles. The fraction of sp³-hybridized carbons (Fsp3) is 0.636. The fourth-order valence-corrected chi connectivity index (χ4v) is 0.954. The van der Waals surface area contributed by atoms with Crippen molar-refractivity contribution in [1.82, 2.24) is 0 Å². The molecule has 0 unspecified atom stereocenters. The minimum Gasteiger partial charge on any atom is -0.466 e. The first-order chi connectivity index (χ1) is 7.20.